The number of ether oxygens (including phenoxy) is 1. The third-order valence-corrected chi connectivity index (χ3v) is 7.19. The Morgan fingerprint density at radius 1 is 1.42 bits per heavy atom. The van der Waals surface area contributed by atoms with Gasteiger partial charge in [0.05, 0.1) is 23.0 Å². The average molecular weight is 404 g/mol. The summed E-state index contributed by atoms with van der Waals surface area (Å²) in [4.78, 5) is 29.8. The zero-order chi connectivity index (χ0) is 18.9. The molecule has 9 heteroatoms. The SMILES string of the molecule is COC(C)CCN(C(=O)NC1=NCC(SCC(=O)O)S1)C1CCCCC1. The van der Waals surface area contributed by atoms with Gasteiger partial charge in [0, 0.05) is 19.7 Å². The Morgan fingerprint density at radius 3 is 2.81 bits per heavy atom. The highest BCUT2D eigenvalue weighted by molar-refractivity contribution is 8.25. The quantitative estimate of drug-likeness (QED) is 0.647. The Kier molecular flexibility index (Phi) is 9.07. The van der Waals surface area contributed by atoms with E-state index in [1.165, 1.54) is 29.9 Å². The molecule has 2 rings (SSSR count). The number of nitrogens with one attached hydrogen (secondary N) is 1. The first-order valence-corrected chi connectivity index (χ1v) is 11.1. The first-order chi connectivity index (χ1) is 12.5. The van der Waals surface area contributed by atoms with Gasteiger partial charge in [0.2, 0.25) is 0 Å². The summed E-state index contributed by atoms with van der Waals surface area (Å²) in [6.45, 7) is 3.21. The van der Waals surface area contributed by atoms with E-state index in [9.17, 15) is 9.59 Å². The number of amidine groups is 1. The molecule has 0 aromatic heterocycles. The van der Waals surface area contributed by atoms with Crippen molar-refractivity contribution in [3.8, 4) is 0 Å². The van der Waals surface area contributed by atoms with Gasteiger partial charge in [-0.15, -0.1) is 11.8 Å². The van der Waals surface area contributed by atoms with E-state index in [-0.39, 0.29) is 28.5 Å². The molecule has 1 fully saturated rings. The van der Waals surface area contributed by atoms with Gasteiger partial charge < -0.3 is 14.7 Å². The fraction of sp³-hybridized carbons (Fsp3) is 0.824. The van der Waals surface area contributed by atoms with Crippen molar-refractivity contribution in [3.63, 3.8) is 0 Å². The van der Waals surface area contributed by atoms with Crippen molar-refractivity contribution in [3.05, 3.63) is 0 Å². The molecular formula is C17H29N3O4S2. The van der Waals surface area contributed by atoms with Gasteiger partial charge in [-0.25, -0.2) is 4.79 Å². The van der Waals surface area contributed by atoms with Gasteiger partial charge in [-0.05, 0) is 26.2 Å². The number of carbonyl (C=O) groups excluding carboxylic acids is 1. The van der Waals surface area contributed by atoms with E-state index >= 15 is 0 Å². The molecule has 1 heterocycles. The van der Waals surface area contributed by atoms with Crippen LogP contribution in [0, 0.1) is 0 Å². The Balaban J connectivity index is 1.88. The summed E-state index contributed by atoms with van der Waals surface area (Å²) in [5.41, 5.74) is 0. The van der Waals surface area contributed by atoms with Crippen LogP contribution in [-0.4, -0.2) is 69.9 Å². The van der Waals surface area contributed by atoms with Gasteiger partial charge >= 0.3 is 12.0 Å². The molecule has 1 aliphatic carbocycles. The molecule has 0 saturated heterocycles. The standard InChI is InChI=1S/C17H29N3O4S2/c1-12(24-2)8-9-20(13-6-4-3-5-7-13)17(23)19-16-18-10-15(26-16)25-11-14(21)22/h12-13,15H,3-11H2,1-2H3,(H,21,22)(H,18,19,23). The molecule has 148 valence electrons. The molecule has 2 atom stereocenters. The van der Waals surface area contributed by atoms with Gasteiger partial charge in [-0.3, -0.25) is 15.1 Å². The van der Waals surface area contributed by atoms with Crippen LogP contribution >= 0.6 is 23.5 Å². The van der Waals surface area contributed by atoms with Crippen molar-refractivity contribution in [2.24, 2.45) is 4.99 Å². The van der Waals surface area contributed by atoms with Gasteiger partial charge in [-0.2, -0.15) is 0 Å². The summed E-state index contributed by atoms with van der Waals surface area (Å²) in [6, 6.07) is 0.173. The molecule has 0 aromatic carbocycles. The number of urea groups is 1. The maximum Gasteiger partial charge on any atom is 0.323 e. The Bertz CT molecular complexity index is 512. The monoisotopic (exact) mass is 403 g/mol. The van der Waals surface area contributed by atoms with Crippen LogP contribution in [0.4, 0.5) is 4.79 Å². The minimum atomic E-state index is -0.830. The molecule has 7 nitrogen and oxygen atoms in total. The number of carboxylic acid groups (broad SMARTS) is 1. The van der Waals surface area contributed by atoms with Gasteiger partial charge in [0.1, 0.15) is 0 Å². The lowest BCUT2D eigenvalue weighted by molar-refractivity contribution is -0.133. The topological polar surface area (TPSA) is 91.2 Å². The largest absolute Gasteiger partial charge is 0.481 e. The first-order valence-electron chi connectivity index (χ1n) is 9.14. The Morgan fingerprint density at radius 2 is 2.15 bits per heavy atom. The van der Waals surface area contributed by atoms with Crippen molar-refractivity contribution in [1.82, 2.24) is 10.2 Å². The number of aliphatic imine (C=N–C) groups is 1. The van der Waals surface area contributed by atoms with Crippen LogP contribution in [0.5, 0.6) is 0 Å². The molecule has 26 heavy (non-hydrogen) atoms. The van der Waals surface area contributed by atoms with E-state index in [1.807, 2.05) is 11.8 Å². The number of aliphatic carboxylic acids is 1. The number of methoxy groups -OCH3 is 1. The highest BCUT2D eigenvalue weighted by Crippen LogP contribution is 2.30. The number of hydrogen-bond donors (Lipinski definition) is 2. The summed E-state index contributed by atoms with van der Waals surface area (Å²) < 4.78 is 5.38. The molecule has 0 bridgehead atoms. The molecule has 0 spiro atoms. The third kappa shape index (κ3) is 7.00. The second-order valence-corrected chi connectivity index (χ2v) is 9.33. The highest BCUT2D eigenvalue weighted by Gasteiger charge is 2.28. The van der Waals surface area contributed by atoms with Gasteiger partial charge in [-0.1, -0.05) is 31.0 Å². The van der Waals surface area contributed by atoms with Crippen LogP contribution in [0.1, 0.15) is 45.4 Å². The zero-order valence-corrected chi connectivity index (χ0v) is 17.1. The number of carboxylic acids is 1. The highest BCUT2D eigenvalue weighted by atomic mass is 32.2. The molecule has 2 N–H and O–H groups in total. The van der Waals surface area contributed by atoms with Gasteiger partial charge in [0.25, 0.3) is 0 Å². The van der Waals surface area contributed by atoms with Crippen LogP contribution in [0.15, 0.2) is 4.99 Å². The van der Waals surface area contributed by atoms with E-state index in [2.05, 4.69) is 10.3 Å². The summed E-state index contributed by atoms with van der Waals surface area (Å²) >= 11 is 2.78. The molecular weight excluding hydrogens is 374 g/mol. The van der Waals surface area contributed by atoms with Crippen LogP contribution in [-0.2, 0) is 9.53 Å². The number of amides is 2. The summed E-state index contributed by atoms with van der Waals surface area (Å²) in [5, 5.41) is 12.3. The molecule has 2 aliphatic rings. The smallest absolute Gasteiger partial charge is 0.323 e. The second kappa shape index (κ2) is 11.0. The van der Waals surface area contributed by atoms with Crippen LogP contribution in [0.3, 0.4) is 0 Å². The number of carbonyl (C=O) groups is 2. The molecule has 0 aromatic rings. The predicted octanol–water partition coefficient (Wildman–Crippen LogP) is 3.00. The second-order valence-electron chi connectivity index (χ2n) is 6.65. The van der Waals surface area contributed by atoms with Gasteiger partial charge in [0.15, 0.2) is 5.17 Å². The molecule has 0 radical (unpaired) electrons. The van der Waals surface area contributed by atoms with E-state index in [4.69, 9.17) is 9.84 Å². The number of rotatable bonds is 8. The Hall–Kier alpha value is -0.930. The van der Waals surface area contributed by atoms with E-state index in [1.54, 1.807) is 7.11 Å². The molecule has 1 saturated carbocycles. The Labute approximate surface area is 163 Å². The fourth-order valence-electron chi connectivity index (χ4n) is 3.12. The van der Waals surface area contributed by atoms with Crippen molar-refractivity contribution >= 4 is 40.7 Å². The number of thioether (sulfide) groups is 2. The number of hydrogen-bond acceptors (Lipinski definition) is 6. The molecule has 2 amide bonds. The maximum absolute atomic E-state index is 12.9. The predicted molar refractivity (Wildman–Crippen MR) is 107 cm³/mol. The fourth-order valence-corrected chi connectivity index (χ4v) is 5.07. The third-order valence-electron chi connectivity index (χ3n) is 4.69. The summed E-state index contributed by atoms with van der Waals surface area (Å²) in [6.07, 6.45) is 6.58. The lowest BCUT2D eigenvalue weighted by Crippen LogP contribution is -2.49. The summed E-state index contributed by atoms with van der Waals surface area (Å²) in [7, 11) is 1.69. The van der Waals surface area contributed by atoms with Crippen LogP contribution in [0.25, 0.3) is 0 Å². The molecule has 1 aliphatic heterocycles. The minimum Gasteiger partial charge on any atom is -0.481 e. The molecule has 2 unspecified atom stereocenters. The van der Waals surface area contributed by atoms with E-state index < -0.39 is 5.97 Å². The normalized spacial score (nSPS) is 21.9. The first kappa shape index (κ1) is 21.4. The van der Waals surface area contributed by atoms with E-state index in [0.717, 1.165) is 32.1 Å². The van der Waals surface area contributed by atoms with Crippen LogP contribution in [0.2, 0.25) is 0 Å². The lowest BCUT2D eigenvalue weighted by Gasteiger charge is -2.34. The minimum absolute atomic E-state index is 0.0531. The van der Waals surface area contributed by atoms with Crippen molar-refractivity contribution in [2.75, 3.05) is 26.0 Å². The van der Waals surface area contributed by atoms with Crippen molar-refractivity contribution < 1.29 is 19.4 Å². The van der Waals surface area contributed by atoms with Crippen LogP contribution < -0.4 is 5.32 Å². The average Bonchev–Trinajstić information content (AvgIpc) is 3.08. The lowest BCUT2D eigenvalue weighted by atomic mass is 9.94. The zero-order valence-electron chi connectivity index (χ0n) is 15.5. The summed E-state index contributed by atoms with van der Waals surface area (Å²) in [5.74, 6) is -0.777. The number of nitrogens with zero attached hydrogens (tertiary/aromatic N) is 2. The van der Waals surface area contributed by atoms with Crippen molar-refractivity contribution in [1.29, 1.82) is 0 Å². The maximum atomic E-state index is 12.9. The van der Waals surface area contributed by atoms with E-state index in [0.29, 0.717) is 18.3 Å². The van der Waals surface area contributed by atoms with Crippen molar-refractivity contribution in [2.45, 2.75) is 62.2 Å².